The van der Waals surface area contributed by atoms with Crippen LogP contribution in [0.15, 0.2) is 18.2 Å². The minimum Gasteiger partial charge on any atom is -0.360 e. The van der Waals surface area contributed by atoms with Crippen LogP contribution in [0.5, 0.6) is 0 Å². The van der Waals surface area contributed by atoms with Crippen LogP contribution < -0.4 is 10.2 Å². The van der Waals surface area contributed by atoms with Gasteiger partial charge in [0.05, 0.1) is 0 Å². The molecule has 0 atom stereocenters. The molecule has 1 aromatic carbocycles. The van der Waals surface area contributed by atoms with Crippen molar-refractivity contribution in [3.8, 4) is 0 Å². The first-order valence-corrected chi connectivity index (χ1v) is 7.33. The van der Waals surface area contributed by atoms with Crippen LogP contribution in [0, 0.1) is 0 Å². The summed E-state index contributed by atoms with van der Waals surface area (Å²) in [5, 5.41) is 3.66. The van der Waals surface area contributed by atoms with E-state index in [1.165, 1.54) is 4.90 Å². The van der Waals surface area contributed by atoms with Gasteiger partial charge in [-0.3, -0.25) is 0 Å². The Bertz CT molecular complexity index is 459. The highest BCUT2D eigenvalue weighted by molar-refractivity contribution is 6.30. The predicted molar refractivity (Wildman–Crippen MR) is 82.0 cm³/mol. The standard InChI is InChI=1S/C15H22ClF3N2/c1-10(2)20-8-12-5-6-13(16)7-14(12)21(11(3)4)9-15(17,18)19/h5-7,10-11,20H,8-9H2,1-4H3. The van der Waals surface area contributed by atoms with Crippen LogP contribution >= 0.6 is 11.6 Å². The smallest absolute Gasteiger partial charge is 0.360 e. The van der Waals surface area contributed by atoms with Crippen LogP contribution in [0.3, 0.4) is 0 Å². The molecule has 0 aromatic heterocycles. The Hall–Kier alpha value is -0.940. The number of halogens is 4. The molecular weight excluding hydrogens is 301 g/mol. The first kappa shape index (κ1) is 18.1. The van der Waals surface area contributed by atoms with Crippen molar-refractivity contribution in [3.63, 3.8) is 0 Å². The van der Waals surface area contributed by atoms with Gasteiger partial charge in [-0.05, 0) is 31.5 Å². The number of hydrogen-bond acceptors (Lipinski definition) is 2. The predicted octanol–water partition coefficient (Wildman–Crippen LogP) is 4.62. The molecule has 0 saturated carbocycles. The van der Waals surface area contributed by atoms with Crippen LogP contribution in [0.2, 0.25) is 5.02 Å². The van der Waals surface area contributed by atoms with Crippen molar-refractivity contribution >= 4 is 17.3 Å². The molecule has 0 amide bonds. The van der Waals surface area contributed by atoms with Crippen molar-refractivity contribution in [2.24, 2.45) is 0 Å². The zero-order valence-corrected chi connectivity index (χ0v) is 13.5. The maximum absolute atomic E-state index is 12.8. The highest BCUT2D eigenvalue weighted by Gasteiger charge is 2.32. The topological polar surface area (TPSA) is 15.3 Å². The number of hydrogen-bond donors (Lipinski definition) is 1. The van der Waals surface area contributed by atoms with E-state index in [9.17, 15) is 13.2 Å². The molecule has 0 bridgehead atoms. The molecule has 1 N–H and O–H groups in total. The molecule has 0 aliphatic heterocycles. The lowest BCUT2D eigenvalue weighted by atomic mass is 10.1. The first-order valence-electron chi connectivity index (χ1n) is 6.95. The molecule has 2 nitrogen and oxygen atoms in total. The van der Waals surface area contributed by atoms with Crippen molar-refractivity contribution in [3.05, 3.63) is 28.8 Å². The summed E-state index contributed by atoms with van der Waals surface area (Å²) in [7, 11) is 0. The third kappa shape index (κ3) is 6.14. The zero-order valence-electron chi connectivity index (χ0n) is 12.8. The van der Waals surface area contributed by atoms with E-state index in [0.717, 1.165) is 5.56 Å². The maximum atomic E-state index is 12.8. The monoisotopic (exact) mass is 322 g/mol. The maximum Gasteiger partial charge on any atom is 0.405 e. The Morgan fingerprint density at radius 3 is 2.29 bits per heavy atom. The van der Waals surface area contributed by atoms with Gasteiger partial charge in [0.1, 0.15) is 6.54 Å². The average molecular weight is 323 g/mol. The van der Waals surface area contributed by atoms with Gasteiger partial charge in [-0.15, -0.1) is 0 Å². The Labute approximate surface area is 129 Å². The molecular formula is C15H22ClF3N2. The molecule has 0 aliphatic carbocycles. The van der Waals surface area contributed by atoms with E-state index in [2.05, 4.69) is 5.32 Å². The van der Waals surface area contributed by atoms with E-state index < -0.39 is 12.7 Å². The van der Waals surface area contributed by atoms with Crippen molar-refractivity contribution in [1.29, 1.82) is 0 Å². The fourth-order valence-corrected chi connectivity index (χ4v) is 2.17. The van der Waals surface area contributed by atoms with Crippen LogP contribution in [0.4, 0.5) is 18.9 Å². The quantitative estimate of drug-likeness (QED) is 0.822. The molecule has 6 heteroatoms. The molecule has 120 valence electrons. The fraction of sp³-hybridized carbons (Fsp3) is 0.600. The van der Waals surface area contributed by atoms with Gasteiger partial charge in [0.25, 0.3) is 0 Å². The van der Waals surface area contributed by atoms with Crippen LogP contribution in [0.1, 0.15) is 33.3 Å². The van der Waals surface area contributed by atoms with Gasteiger partial charge in [0.2, 0.25) is 0 Å². The Balaban J connectivity index is 3.12. The van der Waals surface area contributed by atoms with Crippen LogP contribution in [-0.2, 0) is 6.54 Å². The fourth-order valence-electron chi connectivity index (χ4n) is 2.01. The second-order valence-corrected chi connectivity index (χ2v) is 6.08. The largest absolute Gasteiger partial charge is 0.405 e. The van der Waals surface area contributed by atoms with Gasteiger partial charge in [-0.1, -0.05) is 31.5 Å². The number of benzene rings is 1. The highest BCUT2D eigenvalue weighted by Crippen LogP contribution is 2.30. The normalized spacial score (nSPS) is 12.3. The van der Waals surface area contributed by atoms with Gasteiger partial charge in [-0.25, -0.2) is 0 Å². The summed E-state index contributed by atoms with van der Waals surface area (Å²) >= 11 is 5.97. The third-order valence-electron chi connectivity index (χ3n) is 3.03. The van der Waals surface area contributed by atoms with E-state index in [1.54, 1.807) is 32.0 Å². The number of rotatable bonds is 6. The Morgan fingerprint density at radius 2 is 1.81 bits per heavy atom. The summed E-state index contributed by atoms with van der Waals surface area (Å²) in [5.74, 6) is 0. The van der Waals surface area contributed by atoms with E-state index in [-0.39, 0.29) is 12.1 Å². The molecule has 21 heavy (non-hydrogen) atoms. The minimum atomic E-state index is -4.25. The van der Waals surface area contributed by atoms with Crippen molar-refractivity contribution in [2.45, 2.75) is 52.5 Å². The summed E-state index contributed by atoms with van der Waals surface area (Å²) in [4.78, 5) is 1.34. The average Bonchev–Trinajstić information content (AvgIpc) is 2.33. The van der Waals surface area contributed by atoms with Crippen molar-refractivity contribution in [1.82, 2.24) is 5.32 Å². The Morgan fingerprint density at radius 1 is 1.19 bits per heavy atom. The summed E-state index contributed by atoms with van der Waals surface area (Å²) < 4.78 is 38.4. The molecule has 0 saturated heterocycles. The van der Waals surface area contributed by atoms with Crippen LogP contribution in [0.25, 0.3) is 0 Å². The van der Waals surface area contributed by atoms with Crippen molar-refractivity contribution < 1.29 is 13.2 Å². The first-order chi connectivity index (χ1) is 9.60. The number of nitrogens with zero attached hydrogens (tertiary/aromatic N) is 1. The van der Waals surface area contributed by atoms with E-state index in [1.807, 2.05) is 13.8 Å². The van der Waals surface area contributed by atoms with Gasteiger partial charge in [-0.2, -0.15) is 13.2 Å². The Kier molecular flexibility index (Phi) is 6.35. The molecule has 0 spiro atoms. The lowest BCUT2D eigenvalue weighted by Gasteiger charge is -2.32. The molecule has 0 radical (unpaired) electrons. The highest BCUT2D eigenvalue weighted by atomic mass is 35.5. The van der Waals surface area contributed by atoms with Crippen molar-refractivity contribution in [2.75, 3.05) is 11.4 Å². The second-order valence-electron chi connectivity index (χ2n) is 5.65. The van der Waals surface area contributed by atoms with E-state index in [4.69, 9.17) is 11.6 Å². The third-order valence-corrected chi connectivity index (χ3v) is 3.27. The molecule has 0 unspecified atom stereocenters. The van der Waals surface area contributed by atoms with Crippen LogP contribution in [-0.4, -0.2) is 24.8 Å². The summed E-state index contributed by atoms with van der Waals surface area (Å²) in [6, 6.07) is 5.06. The van der Waals surface area contributed by atoms with Gasteiger partial charge in [0, 0.05) is 29.3 Å². The number of alkyl halides is 3. The summed E-state index contributed by atoms with van der Waals surface area (Å²) in [6.07, 6.45) is -4.25. The zero-order chi connectivity index (χ0) is 16.2. The molecule has 1 rings (SSSR count). The SMILES string of the molecule is CC(C)NCc1ccc(Cl)cc1N(CC(F)(F)F)C(C)C. The molecule has 0 fully saturated rings. The molecule has 0 aliphatic rings. The van der Waals surface area contributed by atoms with Gasteiger partial charge < -0.3 is 10.2 Å². The number of anilines is 1. The van der Waals surface area contributed by atoms with Gasteiger partial charge >= 0.3 is 6.18 Å². The lowest BCUT2D eigenvalue weighted by Crippen LogP contribution is -2.40. The molecule has 1 aromatic rings. The minimum absolute atomic E-state index is 0.253. The second kappa shape index (κ2) is 7.36. The summed E-state index contributed by atoms with van der Waals surface area (Å²) in [5.41, 5.74) is 1.34. The summed E-state index contributed by atoms with van der Waals surface area (Å²) in [6.45, 7) is 6.99. The van der Waals surface area contributed by atoms with E-state index in [0.29, 0.717) is 17.3 Å². The lowest BCUT2D eigenvalue weighted by molar-refractivity contribution is -0.120. The molecule has 0 heterocycles. The number of nitrogens with one attached hydrogen (secondary N) is 1. The van der Waals surface area contributed by atoms with Gasteiger partial charge in [0.15, 0.2) is 0 Å². The van der Waals surface area contributed by atoms with E-state index >= 15 is 0 Å².